The molecule has 222 valence electrons. The van der Waals surface area contributed by atoms with Crippen LogP contribution in [0.3, 0.4) is 0 Å². The van der Waals surface area contributed by atoms with Crippen molar-refractivity contribution in [1.29, 1.82) is 5.41 Å². The molecular formula is C32H58N6O. The van der Waals surface area contributed by atoms with Crippen molar-refractivity contribution in [3.05, 3.63) is 47.5 Å². The molecule has 7 nitrogen and oxygen atoms in total. The van der Waals surface area contributed by atoms with Crippen LogP contribution in [0.4, 0.5) is 11.5 Å². The summed E-state index contributed by atoms with van der Waals surface area (Å²) in [7, 11) is 0. The third-order valence-corrected chi connectivity index (χ3v) is 6.29. The van der Waals surface area contributed by atoms with Gasteiger partial charge in [0, 0.05) is 69.3 Å². The third-order valence-electron chi connectivity index (χ3n) is 6.29. The van der Waals surface area contributed by atoms with Crippen LogP contribution in [0.25, 0.3) is 0 Å². The minimum Gasteiger partial charge on any atom is -0.476 e. The summed E-state index contributed by atoms with van der Waals surface area (Å²) in [6.07, 6.45) is 3.58. The molecule has 2 aromatic rings. The van der Waals surface area contributed by atoms with Crippen LogP contribution < -0.4 is 15.4 Å². The summed E-state index contributed by atoms with van der Waals surface area (Å²) in [5.74, 6) is 1.16. The van der Waals surface area contributed by atoms with Crippen molar-refractivity contribution >= 4 is 17.7 Å². The normalized spacial score (nSPS) is 14.9. The van der Waals surface area contributed by atoms with Gasteiger partial charge >= 0.3 is 0 Å². The fraction of sp³-hybridized carbons (Fsp3) is 0.625. The van der Waals surface area contributed by atoms with Crippen molar-refractivity contribution in [2.45, 2.75) is 81.2 Å². The predicted molar refractivity (Wildman–Crippen MR) is 172 cm³/mol. The maximum atomic E-state index is 6.92. The standard InChI is InChI=1S/C20H37N5O.C8H9N.2C2H6/c1-5-8-25(9-6-2)18-14-19(21)22-20(15-18)26-13-12-24-11-10-23(7-3)16-17(24)4;1-7-3-2-4-8(5-7)6-9;2*1-2/h14-15,17H,5-13,16H2,1-4H3,(H2,21,22);2-6,9H,1H3;2*1-2H3. The molecule has 0 aliphatic carbocycles. The van der Waals surface area contributed by atoms with E-state index in [1.807, 2.05) is 71.0 Å². The van der Waals surface area contributed by atoms with Crippen LogP contribution in [0, 0.1) is 12.3 Å². The first-order valence-corrected chi connectivity index (χ1v) is 15.1. The van der Waals surface area contributed by atoms with Crippen LogP contribution in [0.1, 0.15) is 79.4 Å². The van der Waals surface area contributed by atoms with Gasteiger partial charge in [-0.15, -0.1) is 0 Å². The lowest BCUT2D eigenvalue weighted by Crippen LogP contribution is -2.52. The Balaban J connectivity index is 0.000000924. The smallest absolute Gasteiger partial charge is 0.217 e. The quantitative estimate of drug-likeness (QED) is 0.306. The Morgan fingerprint density at radius 1 is 1.05 bits per heavy atom. The van der Waals surface area contributed by atoms with Gasteiger partial charge in [-0.2, -0.15) is 4.98 Å². The molecule has 2 heterocycles. The SMILES string of the molecule is CC.CC.CCCN(CCC)c1cc(N)nc(OCCN2CCN(CC)CC2C)c1.Cc1cccc(C=N)c1. The second-order valence-electron chi connectivity index (χ2n) is 9.26. The van der Waals surface area contributed by atoms with Crippen molar-refractivity contribution in [1.82, 2.24) is 14.8 Å². The number of likely N-dealkylation sites (N-methyl/N-ethyl adjacent to an activating group) is 1. The highest BCUT2D eigenvalue weighted by Crippen LogP contribution is 2.23. The van der Waals surface area contributed by atoms with Gasteiger partial charge in [0.15, 0.2) is 0 Å². The van der Waals surface area contributed by atoms with Crippen LogP contribution in [0.2, 0.25) is 0 Å². The highest BCUT2D eigenvalue weighted by atomic mass is 16.5. The van der Waals surface area contributed by atoms with E-state index in [4.69, 9.17) is 15.9 Å². The number of hydrogen-bond acceptors (Lipinski definition) is 7. The largest absolute Gasteiger partial charge is 0.476 e. The van der Waals surface area contributed by atoms with Gasteiger partial charge in [0.2, 0.25) is 5.88 Å². The monoisotopic (exact) mass is 542 g/mol. The van der Waals surface area contributed by atoms with Gasteiger partial charge in [-0.3, -0.25) is 4.90 Å². The third kappa shape index (κ3) is 14.4. The number of nitrogens with zero attached hydrogens (tertiary/aromatic N) is 4. The number of rotatable bonds is 11. The van der Waals surface area contributed by atoms with Crippen molar-refractivity contribution in [2.24, 2.45) is 0 Å². The fourth-order valence-electron chi connectivity index (χ4n) is 4.40. The zero-order valence-electron chi connectivity index (χ0n) is 26.5. The number of hydrogen-bond donors (Lipinski definition) is 2. The molecule has 1 unspecified atom stereocenters. The average Bonchev–Trinajstić information content (AvgIpc) is 2.96. The maximum Gasteiger partial charge on any atom is 0.217 e. The number of piperazine rings is 1. The Hall–Kier alpha value is -2.64. The molecule has 0 saturated carbocycles. The van der Waals surface area contributed by atoms with E-state index in [1.165, 1.54) is 11.8 Å². The van der Waals surface area contributed by atoms with E-state index >= 15 is 0 Å². The number of pyridine rings is 1. The maximum absolute atomic E-state index is 6.92. The lowest BCUT2D eigenvalue weighted by atomic mass is 10.2. The minimum atomic E-state index is 0.527. The Morgan fingerprint density at radius 2 is 1.72 bits per heavy atom. The summed E-state index contributed by atoms with van der Waals surface area (Å²) in [5.41, 5.74) is 9.31. The van der Waals surface area contributed by atoms with Crippen molar-refractivity contribution in [2.75, 3.05) is 63.1 Å². The number of anilines is 2. The number of nitrogens with two attached hydrogens (primary N) is 1. The second-order valence-corrected chi connectivity index (χ2v) is 9.26. The predicted octanol–water partition coefficient (Wildman–Crippen LogP) is 6.74. The van der Waals surface area contributed by atoms with E-state index in [0.717, 1.165) is 69.9 Å². The number of nitrogens with one attached hydrogen (secondary N) is 1. The van der Waals surface area contributed by atoms with Gasteiger partial charge in [0.25, 0.3) is 0 Å². The molecule has 1 fully saturated rings. The van der Waals surface area contributed by atoms with Crippen LogP contribution in [-0.4, -0.2) is 79.5 Å². The Bertz CT molecular complexity index is 885. The first kappa shape index (κ1) is 36.4. The minimum absolute atomic E-state index is 0.527. The lowest BCUT2D eigenvalue weighted by molar-refractivity contribution is 0.0743. The highest BCUT2D eigenvalue weighted by Gasteiger charge is 2.22. The zero-order valence-corrected chi connectivity index (χ0v) is 26.5. The summed E-state index contributed by atoms with van der Waals surface area (Å²) in [5, 5.41) is 6.92. The zero-order chi connectivity index (χ0) is 29.6. The van der Waals surface area contributed by atoms with Gasteiger partial charge in [-0.05, 0) is 38.8 Å². The average molecular weight is 543 g/mol. The summed E-state index contributed by atoms with van der Waals surface area (Å²) in [4.78, 5) is 11.7. The molecule has 1 saturated heterocycles. The molecule has 39 heavy (non-hydrogen) atoms. The van der Waals surface area contributed by atoms with E-state index in [-0.39, 0.29) is 0 Å². The van der Waals surface area contributed by atoms with Gasteiger partial charge < -0.3 is 25.7 Å². The molecule has 7 heteroatoms. The summed E-state index contributed by atoms with van der Waals surface area (Å²) >= 11 is 0. The van der Waals surface area contributed by atoms with E-state index in [1.54, 1.807) is 0 Å². The van der Waals surface area contributed by atoms with E-state index in [9.17, 15) is 0 Å². The number of ether oxygens (including phenoxy) is 1. The summed E-state index contributed by atoms with van der Waals surface area (Å²) in [6, 6.07) is 12.4. The lowest BCUT2D eigenvalue weighted by Gasteiger charge is -2.39. The fourth-order valence-corrected chi connectivity index (χ4v) is 4.40. The Morgan fingerprint density at radius 3 is 2.23 bits per heavy atom. The van der Waals surface area contributed by atoms with Gasteiger partial charge in [-0.1, -0.05) is 78.3 Å². The van der Waals surface area contributed by atoms with Gasteiger partial charge in [0.1, 0.15) is 12.4 Å². The van der Waals surface area contributed by atoms with E-state index in [2.05, 4.69) is 47.4 Å². The molecule has 1 aromatic heterocycles. The second kappa shape index (κ2) is 22.2. The number of aryl methyl sites for hydroxylation is 1. The van der Waals surface area contributed by atoms with Crippen molar-refractivity contribution < 1.29 is 4.74 Å². The molecule has 1 aliphatic rings. The number of aromatic nitrogens is 1. The molecule has 0 radical (unpaired) electrons. The molecule has 3 N–H and O–H groups in total. The van der Waals surface area contributed by atoms with E-state index in [0.29, 0.717) is 24.3 Å². The molecular weight excluding hydrogens is 484 g/mol. The van der Waals surface area contributed by atoms with Crippen LogP contribution in [-0.2, 0) is 0 Å². The molecule has 0 spiro atoms. The van der Waals surface area contributed by atoms with E-state index < -0.39 is 0 Å². The van der Waals surface area contributed by atoms with Gasteiger partial charge in [0.05, 0.1) is 0 Å². The first-order valence-electron chi connectivity index (χ1n) is 15.1. The molecule has 1 atom stereocenters. The van der Waals surface area contributed by atoms with Crippen molar-refractivity contribution in [3.63, 3.8) is 0 Å². The van der Waals surface area contributed by atoms with Crippen LogP contribution in [0.15, 0.2) is 36.4 Å². The number of nitrogen functional groups attached to an aromatic ring is 1. The molecule has 1 aliphatic heterocycles. The van der Waals surface area contributed by atoms with Crippen LogP contribution in [0.5, 0.6) is 5.88 Å². The first-order chi connectivity index (χ1) is 18.9. The summed E-state index contributed by atoms with van der Waals surface area (Å²) in [6.45, 7) is 27.1. The topological polar surface area (TPSA) is 81.7 Å². The van der Waals surface area contributed by atoms with Gasteiger partial charge in [-0.25, -0.2) is 0 Å². The highest BCUT2D eigenvalue weighted by molar-refractivity contribution is 5.76. The summed E-state index contributed by atoms with van der Waals surface area (Å²) < 4.78 is 5.97. The molecule has 0 amide bonds. The number of benzene rings is 1. The van der Waals surface area contributed by atoms with Crippen LogP contribution >= 0.6 is 0 Å². The molecule has 1 aromatic carbocycles. The Kier molecular flexibility index (Phi) is 20.7. The Labute approximate surface area is 240 Å². The molecule has 0 bridgehead atoms. The van der Waals surface area contributed by atoms with Crippen molar-refractivity contribution in [3.8, 4) is 5.88 Å². The molecule has 3 rings (SSSR count).